The Bertz CT molecular complexity index is 444. The van der Waals surface area contributed by atoms with Gasteiger partial charge in [-0.15, -0.1) is 0 Å². The van der Waals surface area contributed by atoms with Crippen LogP contribution >= 0.6 is 11.6 Å². The van der Waals surface area contributed by atoms with Gasteiger partial charge >= 0.3 is 5.97 Å². The number of carbonyl (C=O) groups excluding carboxylic acids is 1. The standard InChI is InChI=1S/C11H13ClN2O4/c1-18-9(11(16)17)5-14-10(15)6-2-7(12)4-8(13)3-6/h2-4,9H,5,13H2,1H3,(H,14,15)(H,16,17). The smallest absolute Gasteiger partial charge is 0.334 e. The molecule has 98 valence electrons. The van der Waals surface area contributed by atoms with E-state index in [1.807, 2.05) is 0 Å². The van der Waals surface area contributed by atoms with Gasteiger partial charge in [-0.25, -0.2) is 4.79 Å². The van der Waals surface area contributed by atoms with Gasteiger partial charge < -0.3 is 20.9 Å². The van der Waals surface area contributed by atoms with E-state index in [4.69, 9.17) is 22.4 Å². The van der Waals surface area contributed by atoms with Crippen LogP contribution < -0.4 is 11.1 Å². The first kappa shape index (κ1) is 14.3. The number of anilines is 1. The fourth-order valence-corrected chi connectivity index (χ4v) is 1.55. The Morgan fingerprint density at radius 3 is 2.67 bits per heavy atom. The summed E-state index contributed by atoms with van der Waals surface area (Å²) in [6.45, 7) is -0.142. The van der Waals surface area contributed by atoms with E-state index >= 15 is 0 Å². The van der Waals surface area contributed by atoms with Crippen molar-refractivity contribution in [3.63, 3.8) is 0 Å². The van der Waals surface area contributed by atoms with Crippen LogP contribution in [0.15, 0.2) is 18.2 Å². The number of methoxy groups -OCH3 is 1. The summed E-state index contributed by atoms with van der Waals surface area (Å²) < 4.78 is 4.68. The molecule has 0 aromatic heterocycles. The number of halogens is 1. The molecule has 0 aliphatic rings. The van der Waals surface area contributed by atoms with Crippen molar-refractivity contribution < 1.29 is 19.4 Å². The van der Waals surface area contributed by atoms with Crippen LogP contribution in [0.2, 0.25) is 5.02 Å². The molecule has 1 atom stereocenters. The van der Waals surface area contributed by atoms with Gasteiger partial charge in [0.25, 0.3) is 5.91 Å². The van der Waals surface area contributed by atoms with Crippen molar-refractivity contribution >= 4 is 29.2 Å². The number of hydrogen-bond acceptors (Lipinski definition) is 4. The zero-order chi connectivity index (χ0) is 13.7. The third kappa shape index (κ3) is 3.90. The van der Waals surface area contributed by atoms with Crippen molar-refractivity contribution in [3.8, 4) is 0 Å². The summed E-state index contributed by atoms with van der Waals surface area (Å²) in [7, 11) is 1.25. The minimum absolute atomic E-state index is 0.142. The highest BCUT2D eigenvalue weighted by molar-refractivity contribution is 6.31. The van der Waals surface area contributed by atoms with E-state index in [0.717, 1.165) is 0 Å². The lowest BCUT2D eigenvalue weighted by Gasteiger charge is -2.11. The number of rotatable bonds is 5. The molecule has 0 fully saturated rings. The van der Waals surface area contributed by atoms with Gasteiger partial charge in [0.05, 0.1) is 6.54 Å². The lowest BCUT2D eigenvalue weighted by atomic mass is 10.2. The van der Waals surface area contributed by atoms with Crippen LogP contribution in [0, 0.1) is 0 Å². The maximum absolute atomic E-state index is 11.7. The highest BCUT2D eigenvalue weighted by Crippen LogP contribution is 2.16. The Hall–Kier alpha value is -1.79. The summed E-state index contributed by atoms with van der Waals surface area (Å²) in [6, 6.07) is 4.40. The molecule has 4 N–H and O–H groups in total. The summed E-state index contributed by atoms with van der Waals surface area (Å²) >= 11 is 5.76. The minimum Gasteiger partial charge on any atom is -0.479 e. The number of nitrogens with two attached hydrogens (primary N) is 1. The molecule has 1 unspecified atom stereocenters. The van der Waals surface area contributed by atoms with Gasteiger partial charge in [0.1, 0.15) is 0 Å². The molecule has 0 bridgehead atoms. The van der Waals surface area contributed by atoms with Crippen molar-refractivity contribution in [2.45, 2.75) is 6.10 Å². The van der Waals surface area contributed by atoms with Gasteiger partial charge in [0.15, 0.2) is 6.10 Å². The molecule has 1 amide bonds. The summed E-state index contributed by atoms with van der Waals surface area (Å²) in [5, 5.41) is 11.5. The quantitative estimate of drug-likeness (QED) is 0.687. The van der Waals surface area contributed by atoms with Crippen molar-refractivity contribution in [3.05, 3.63) is 28.8 Å². The van der Waals surface area contributed by atoms with Crippen LogP contribution in [-0.4, -0.2) is 36.7 Å². The zero-order valence-electron chi connectivity index (χ0n) is 9.64. The lowest BCUT2D eigenvalue weighted by molar-refractivity contribution is -0.148. The number of benzene rings is 1. The third-order valence-electron chi connectivity index (χ3n) is 2.19. The minimum atomic E-state index is -1.15. The van der Waals surface area contributed by atoms with Crippen molar-refractivity contribution in [2.24, 2.45) is 0 Å². The van der Waals surface area contributed by atoms with Crippen LogP contribution in [0.3, 0.4) is 0 Å². The summed E-state index contributed by atoms with van der Waals surface area (Å²) in [6.07, 6.45) is -1.09. The Morgan fingerprint density at radius 1 is 1.50 bits per heavy atom. The summed E-state index contributed by atoms with van der Waals surface area (Å²) in [4.78, 5) is 22.4. The van der Waals surface area contributed by atoms with Crippen LogP contribution in [0.25, 0.3) is 0 Å². The fraction of sp³-hybridized carbons (Fsp3) is 0.273. The molecular formula is C11H13ClN2O4. The zero-order valence-corrected chi connectivity index (χ0v) is 10.4. The molecule has 1 rings (SSSR count). The average molecular weight is 273 g/mol. The number of carboxylic acid groups (broad SMARTS) is 1. The van der Waals surface area contributed by atoms with Gasteiger partial charge in [-0.1, -0.05) is 11.6 Å². The van der Waals surface area contributed by atoms with Crippen LogP contribution in [-0.2, 0) is 9.53 Å². The Morgan fingerprint density at radius 2 is 2.17 bits per heavy atom. The second-order valence-corrected chi connectivity index (χ2v) is 3.98. The number of carboxylic acids is 1. The SMILES string of the molecule is COC(CNC(=O)c1cc(N)cc(Cl)c1)C(=O)O. The molecule has 18 heavy (non-hydrogen) atoms. The highest BCUT2D eigenvalue weighted by atomic mass is 35.5. The highest BCUT2D eigenvalue weighted by Gasteiger charge is 2.17. The van der Waals surface area contributed by atoms with Gasteiger partial charge in [-0.05, 0) is 18.2 Å². The second kappa shape index (κ2) is 6.23. The summed E-state index contributed by atoms with van der Waals surface area (Å²) in [5.41, 5.74) is 6.16. The lowest BCUT2D eigenvalue weighted by Crippen LogP contribution is -2.37. The fourth-order valence-electron chi connectivity index (χ4n) is 1.30. The molecule has 0 aliphatic carbocycles. The number of aliphatic carboxylic acids is 1. The maximum atomic E-state index is 11.7. The molecule has 0 aliphatic heterocycles. The predicted octanol–water partition coefficient (Wildman–Crippen LogP) is 0.752. The molecule has 0 saturated carbocycles. The normalized spacial score (nSPS) is 11.9. The van der Waals surface area contributed by atoms with Crippen molar-refractivity contribution in [1.29, 1.82) is 0 Å². The summed E-state index contributed by atoms with van der Waals surface area (Å²) in [5.74, 6) is -1.61. The van der Waals surface area contributed by atoms with E-state index in [9.17, 15) is 9.59 Å². The molecule has 0 saturated heterocycles. The number of hydrogen-bond donors (Lipinski definition) is 3. The van der Waals surface area contributed by atoms with Crippen LogP contribution in [0.1, 0.15) is 10.4 Å². The predicted molar refractivity (Wildman–Crippen MR) is 66.6 cm³/mol. The Balaban J connectivity index is 2.68. The second-order valence-electron chi connectivity index (χ2n) is 3.55. The third-order valence-corrected chi connectivity index (χ3v) is 2.41. The first-order valence-electron chi connectivity index (χ1n) is 5.04. The van der Waals surface area contributed by atoms with Crippen molar-refractivity contribution in [2.75, 3.05) is 19.4 Å². The van der Waals surface area contributed by atoms with E-state index < -0.39 is 18.0 Å². The Labute approximate surface area is 109 Å². The number of carbonyl (C=O) groups is 2. The van der Waals surface area contributed by atoms with E-state index in [1.54, 1.807) is 0 Å². The molecule has 0 radical (unpaired) electrons. The molecule has 0 spiro atoms. The molecular weight excluding hydrogens is 260 g/mol. The average Bonchev–Trinajstić information content (AvgIpc) is 2.27. The maximum Gasteiger partial charge on any atom is 0.334 e. The van der Waals surface area contributed by atoms with Crippen LogP contribution in [0.4, 0.5) is 5.69 Å². The van der Waals surface area contributed by atoms with Gasteiger partial charge in [0.2, 0.25) is 0 Å². The van der Waals surface area contributed by atoms with E-state index in [0.29, 0.717) is 10.7 Å². The molecule has 6 nitrogen and oxygen atoms in total. The van der Waals surface area contributed by atoms with E-state index in [1.165, 1.54) is 25.3 Å². The van der Waals surface area contributed by atoms with Gasteiger partial charge in [-0.3, -0.25) is 4.79 Å². The van der Waals surface area contributed by atoms with E-state index in [-0.39, 0.29) is 12.1 Å². The number of ether oxygens (including phenoxy) is 1. The van der Waals surface area contributed by atoms with Gasteiger partial charge in [0, 0.05) is 23.4 Å². The number of nitrogens with one attached hydrogen (secondary N) is 1. The van der Waals surface area contributed by atoms with Gasteiger partial charge in [-0.2, -0.15) is 0 Å². The largest absolute Gasteiger partial charge is 0.479 e. The van der Waals surface area contributed by atoms with Crippen molar-refractivity contribution in [1.82, 2.24) is 5.32 Å². The van der Waals surface area contributed by atoms with Crippen LogP contribution in [0.5, 0.6) is 0 Å². The molecule has 7 heteroatoms. The molecule has 1 aromatic rings. The first-order chi connectivity index (χ1) is 8.43. The topological polar surface area (TPSA) is 102 Å². The number of amides is 1. The number of nitrogen functional groups attached to an aromatic ring is 1. The molecule has 1 aromatic carbocycles. The monoisotopic (exact) mass is 272 g/mol. The van der Waals surface area contributed by atoms with E-state index in [2.05, 4.69) is 10.1 Å². The molecule has 0 heterocycles. The Kier molecular flexibility index (Phi) is 4.94. The first-order valence-corrected chi connectivity index (χ1v) is 5.41.